The van der Waals surface area contributed by atoms with Crippen LogP contribution >= 0.6 is 0 Å². The second-order valence-corrected chi connectivity index (χ2v) is 4.82. The molecule has 1 amide bonds. The van der Waals surface area contributed by atoms with Crippen molar-refractivity contribution in [2.24, 2.45) is 0 Å². The molecule has 4 N–H and O–H groups in total. The Balaban J connectivity index is 0.000000413. The molecular weight excluding hydrogens is 320 g/mol. The van der Waals surface area contributed by atoms with E-state index < -0.39 is 11.9 Å². The van der Waals surface area contributed by atoms with E-state index in [2.05, 4.69) is 10.6 Å². The highest BCUT2D eigenvalue weighted by Crippen LogP contribution is 2.29. The summed E-state index contributed by atoms with van der Waals surface area (Å²) in [5.74, 6) is -2.39. The third-order valence-corrected chi connectivity index (χ3v) is 3.21. The Bertz CT molecular complexity index is 585. The van der Waals surface area contributed by atoms with Gasteiger partial charge < -0.3 is 30.3 Å². The molecule has 1 aromatic carbocycles. The lowest BCUT2D eigenvalue weighted by molar-refractivity contribution is -0.159. The van der Waals surface area contributed by atoms with Crippen LogP contribution in [-0.4, -0.2) is 54.9 Å². The lowest BCUT2D eigenvalue weighted by Crippen LogP contribution is -2.35. The first-order valence-electron chi connectivity index (χ1n) is 7.11. The average Bonchev–Trinajstić information content (AvgIpc) is 3.09. The van der Waals surface area contributed by atoms with Gasteiger partial charge in [-0.25, -0.2) is 9.59 Å². The molecule has 9 nitrogen and oxygen atoms in total. The molecule has 2 rings (SSSR count). The minimum atomic E-state index is -1.82. The van der Waals surface area contributed by atoms with Gasteiger partial charge in [-0.05, 0) is 31.5 Å². The number of ether oxygens (including phenoxy) is 2. The van der Waals surface area contributed by atoms with Gasteiger partial charge in [-0.2, -0.15) is 0 Å². The number of carboxylic acid groups (broad SMARTS) is 2. The van der Waals surface area contributed by atoms with Crippen LogP contribution in [0.1, 0.15) is 12.8 Å². The smallest absolute Gasteiger partial charge is 0.414 e. The van der Waals surface area contributed by atoms with Crippen molar-refractivity contribution in [1.82, 2.24) is 5.32 Å². The predicted molar refractivity (Wildman–Crippen MR) is 84.5 cm³/mol. The maximum absolute atomic E-state index is 11.9. The lowest BCUT2D eigenvalue weighted by Gasteiger charge is -2.13. The van der Waals surface area contributed by atoms with Crippen molar-refractivity contribution >= 4 is 23.5 Å². The molecule has 0 radical (unpaired) electrons. The summed E-state index contributed by atoms with van der Waals surface area (Å²) in [4.78, 5) is 30.1. The van der Waals surface area contributed by atoms with E-state index in [9.17, 15) is 4.79 Å². The molecule has 1 fully saturated rings. The third-order valence-electron chi connectivity index (χ3n) is 3.21. The van der Waals surface area contributed by atoms with Crippen molar-refractivity contribution in [2.45, 2.75) is 18.9 Å². The zero-order valence-electron chi connectivity index (χ0n) is 13.4. The van der Waals surface area contributed by atoms with E-state index in [1.54, 1.807) is 32.4 Å². The van der Waals surface area contributed by atoms with Gasteiger partial charge in [0.2, 0.25) is 5.91 Å². The quantitative estimate of drug-likeness (QED) is 0.584. The van der Waals surface area contributed by atoms with Crippen molar-refractivity contribution in [3.63, 3.8) is 0 Å². The average molecular weight is 340 g/mol. The number of carbonyl (C=O) groups is 3. The summed E-state index contributed by atoms with van der Waals surface area (Å²) in [5.41, 5.74) is 0.714. The summed E-state index contributed by atoms with van der Waals surface area (Å²) in [7, 11) is 3.15. The van der Waals surface area contributed by atoms with Crippen molar-refractivity contribution in [3.8, 4) is 11.5 Å². The van der Waals surface area contributed by atoms with E-state index >= 15 is 0 Å². The summed E-state index contributed by atoms with van der Waals surface area (Å²) >= 11 is 0. The van der Waals surface area contributed by atoms with Gasteiger partial charge in [0.25, 0.3) is 0 Å². The fourth-order valence-electron chi connectivity index (χ4n) is 2.05. The minimum Gasteiger partial charge on any atom is -0.493 e. The first kappa shape index (κ1) is 19.2. The van der Waals surface area contributed by atoms with Crippen LogP contribution in [0.25, 0.3) is 0 Å². The molecule has 0 spiro atoms. The molecule has 0 aromatic heterocycles. The summed E-state index contributed by atoms with van der Waals surface area (Å²) in [6, 6.07) is 5.24. The third kappa shape index (κ3) is 5.76. The molecule has 132 valence electrons. The second-order valence-electron chi connectivity index (χ2n) is 4.82. The molecule has 1 unspecified atom stereocenters. The van der Waals surface area contributed by atoms with Gasteiger partial charge in [-0.1, -0.05) is 0 Å². The minimum absolute atomic E-state index is 0.000259. The molecule has 0 bridgehead atoms. The van der Waals surface area contributed by atoms with Gasteiger partial charge in [0.1, 0.15) is 0 Å². The second kappa shape index (κ2) is 9.36. The van der Waals surface area contributed by atoms with Crippen molar-refractivity contribution in [3.05, 3.63) is 18.2 Å². The van der Waals surface area contributed by atoms with Gasteiger partial charge in [-0.15, -0.1) is 0 Å². The number of anilines is 1. The Morgan fingerprint density at radius 2 is 1.75 bits per heavy atom. The number of carbonyl (C=O) groups excluding carboxylic acids is 1. The number of hydrogen-bond donors (Lipinski definition) is 4. The Morgan fingerprint density at radius 1 is 1.12 bits per heavy atom. The first-order chi connectivity index (χ1) is 11.4. The summed E-state index contributed by atoms with van der Waals surface area (Å²) < 4.78 is 10.3. The van der Waals surface area contributed by atoms with Gasteiger partial charge >= 0.3 is 11.9 Å². The molecule has 9 heteroatoms. The van der Waals surface area contributed by atoms with E-state index in [0.29, 0.717) is 17.2 Å². The van der Waals surface area contributed by atoms with Gasteiger partial charge in [-0.3, -0.25) is 4.79 Å². The van der Waals surface area contributed by atoms with Crippen LogP contribution in [0.15, 0.2) is 18.2 Å². The number of aliphatic carboxylic acids is 2. The largest absolute Gasteiger partial charge is 0.493 e. The van der Waals surface area contributed by atoms with Gasteiger partial charge in [0, 0.05) is 11.8 Å². The Hall–Kier alpha value is -2.81. The van der Waals surface area contributed by atoms with Crippen LogP contribution < -0.4 is 20.1 Å². The van der Waals surface area contributed by atoms with E-state index in [4.69, 9.17) is 29.3 Å². The van der Waals surface area contributed by atoms with E-state index in [0.717, 1.165) is 19.4 Å². The standard InChI is InChI=1S/C13H18N2O3.C2H2O4/c1-17-11-6-5-9(8-12(11)18-2)15-13(16)10-4-3-7-14-10;3-1(4)2(5)6/h5-6,8,10,14H,3-4,7H2,1-2H3,(H,15,16);(H,3,4)(H,5,6). The maximum Gasteiger partial charge on any atom is 0.414 e. The summed E-state index contributed by atoms with van der Waals surface area (Å²) in [6.45, 7) is 0.907. The van der Waals surface area contributed by atoms with E-state index in [1.165, 1.54) is 0 Å². The molecule has 0 saturated carbocycles. The molecule has 24 heavy (non-hydrogen) atoms. The highest BCUT2D eigenvalue weighted by Gasteiger charge is 2.22. The topological polar surface area (TPSA) is 134 Å². The molecular formula is C15H20N2O7. The van der Waals surface area contributed by atoms with Crippen LogP contribution in [0.5, 0.6) is 11.5 Å². The number of carboxylic acids is 2. The summed E-state index contributed by atoms with van der Waals surface area (Å²) in [5, 5.41) is 20.8. The van der Waals surface area contributed by atoms with Gasteiger partial charge in [0.05, 0.1) is 20.3 Å². The van der Waals surface area contributed by atoms with E-state index in [1.807, 2.05) is 0 Å². The van der Waals surface area contributed by atoms with Crippen LogP contribution in [-0.2, 0) is 14.4 Å². The molecule has 1 aliphatic heterocycles. The molecule has 1 aliphatic rings. The summed E-state index contributed by atoms with van der Waals surface area (Å²) in [6.07, 6.45) is 1.93. The highest BCUT2D eigenvalue weighted by atomic mass is 16.5. The Kier molecular flexibility index (Phi) is 7.50. The number of rotatable bonds is 4. The predicted octanol–water partition coefficient (Wildman–Crippen LogP) is 0.550. The number of nitrogens with one attached hydrogen (secondary N) is 2. The number of methoxy groups -OCH3 is 2. The zero-order valence-corrected chi connectivity index (χ0v) is 13.4. The van der Waals surface area contributed by atoms with Crippen molar-refractivity contribution in [1.29, 1.82) is 0 Å². The maximum atomic E-state index is 11.9. The number of benzene rings is 1. The SMILES string of the molecule is COc1ccc(NC(=O)C2CCCN2)cc1OC.O=C(O)C(=O)O. The molecule has 1 aromatic rings. The van der Waals surface area contributed by atoms with Crippen LogP contribution in [0.4, 0.5) is 5.69 Å². The van der Waals surface area contributed by atoms with Crippen molar-refractivity contribution in [2.75, 3.05) is 26.1 Å². The molecule has 1 saturated heterocycles. The fraction of sp³-hybridized carbons (Fsp3) is 0.400. The Labute approximate surface area is 138 Å². The van der Waals surface area contributed by atoms with Gasteiger partial charge in [0.15, 0.2) is 11.5 Å². The van der Waals surface area contributed by atoms with E-state index in [-0.39, 0.29) is 11.9 Å². The molecule has 1 heterocycles. The van der Waals surface area contributed by atoms with Crippen molar-refractivity contribution < 1.29 is 34.1 Å². The highest BCUT2D eigenvalue weighted by molar-refractivity contribution is 6.27. The van der Waals surface area contributed by atoms with Crippen LogP contribution in [0, 0.1) is 0 Å². The number of hydrogen-bond acceptors (Lipinski definition) is 6. The van der Waals surface area contributed by atoms with Crippen LogP contribution in [0.3, 0.4) is 0 Å². The molecule has 0 aliphatic carbocycles. The first-order valence-corrected chi connectivity index (χ1v) is 7.11. The van der Waals surface area contributed by atoms with Crippen LogP contribution in [0.2, 0.25) is 0 Å². The fourth-order valence-corrected chi connectivity index (χ4v) is 2.05. The monoisotopic (exact) mass is 340 g/mol. The zero-order chi connectivity index (χ0) is 18.1. The Morgan fingerprint density at radius 3 is 2.21 bits per heavy atom. The lowest BCUT2D eigenvalue weighted by atomic mass is 10.2. The molecule has 1 atom stereocenters. The number of amides is 1. The normalized spacial score (nSPS) is 15.7.